The van der Waals surface area contributed by atoms with E-state index in [1.54, 1.807) is 0 Å². The van der Waals surface area contributed by atoms with Gasteiger partial charge in [0.2, 0.25) is 5.91 Å². The Labute approximate surface area is 105 Å². The maximum Gasteiger partial charge on any atom is 0.241 e. The molecular formula is C14H26N2O. The van der Waals surface area contributed by atoms with Crippen molar-refractivity contribution in [2.45, 2.75) is 71.5 Å². The van der Waals surface area contributed by atoms with E-state index in [0.29, 0.717) is 11.3 Å². The normalized spacial score (nSPS) is 31.7. The van der Waals surface area contributed by atoms with Crippen molar-refractivity contribution in [1.82, 2.24) is 10.2 Å². The molecule has 2 atom stereocenters. The van der Waals surface area contributed by atoms with Gasteiger partial charge in [-0.1, -0.05) is 33.6 Å². The third-order valence-electron chi connectivity index (χ3n) is 4.43. The molecule has 1 saturated heterocycles. The molecule has 0 aromatic carbocycles. The van der Waals surface area contributed by atoms with Gasteiger partial charge >= 0.3 is 0 Å². The quantitative estimate of drug-likeness (QED) is 0.798. The van der Waals surface area contributed by atoms with Crippen molar-refractivity contribution in [2.24, 2.45) is 5.41 Å². The SMILES string of the molecule is CCCC1NC(CC)C(=O)N1CC1(C)CCC1. The molecule has 1 N–H and O–H groups in total. The van der Waals surface area contributed by atoms with E-state index in [4.69, 9.17) is 0 Å². The zero-order valence-electron chi connectivity index (χ0n) is 11.5. The van der Waals surface area contributed by atoms with Crippen LogP contribution in [0.3, 0.4) is 0 Å². The summed E-state index contributed by atoms with van der Waals surface area (Å²) in [5, 5.41) is 3.49. The molecule has 1 aliphatic carbocycles. The number of carbonyl (C=O) groups excluding carboxylic acids is 1. The van der Waals surface area contributed by atoms with Crippen molar-refractivity contribution in [1.29, 1.82) is 0 Å². The topological polar surface area (TPSA) is 32.3 Å². The van der Waals surface area contributed by atoms with E-state index in [1.807, 2.05) is 0 Å². The third kappa shape index (κ3) is 2.49. The van der Waals surface area contributed by atoms with Gasteiger partial charge in [0.15, 0.2) is 0 Å². The molecule has 17 heavy (non-hydrogen) atoms. The lowest BCUT2D eigenvalue weighted by molar-refractivity contribution is -0.132. The molecule has 3 heteroatoms. The van der Waals surface area contributed by atoms with Gasteiger partial charge in [0.1, 0.15) is 0 Å². The maximum atomic E-state index is 12.3. The summed E-state index contributed by atoms with van der Waals surface area (Å²) in [4.78, 5) is 14.4. The van der Waals surface area contributed by atoms with E-state index in [-0.39, 0.29) is 12.2 Å². The van der Waals surface area contributed by atoms with Crippen LogP contribution in [-0.4, -0.2) is 29.6 Å². The molecular weight excluding hydrogens is 212 g/mol. The number of nitrogens with one attached hydrogen (secondary N) is 1. The van der Waals surface area contributed by atoms with Crippen LogP contribution in [0.15, 0.2) is 0 Å². The molecule has 1 aliphatic heterocycles. The van der Waals surface area contributed by atoms with Crippen LogP contribution in [0.2, 0.25) is 0 Å². The smallest absolute Gasteiger partial charge is 0.241 e. The second kappa shape index (κ2) is 4.97. The van der Waals surface area contributed by atoms with Gasteiger partial charge in [-0.2, -0.15) is 0 Å². The number of hydrogen-bond donors (Lipinski definition) is 1. The van der Waals surface area contributed by atoms with Gasteiger partial charge in [-0.05, 0) is 31.1 Å². The van der Waals surface area contributed by atoms with Crippen LogP contribution >= 0.6 is 0 Å². The standard InChI is InChI=1S/C14H26N2O/c1-4-7-12-15-11(5-2)13(17)16(12)10-14(3)8-6-9-14/h11-12,15H,4-10H2,1-3H3. The largest absolute Gasteiger partial charge is 0.325 e. The fourth-order valence-electron chi connectivity index (χ4n) is 3.09. The fourth-order valence-corrected chi connectivity index (χ4v) is 3.09. The van der Waals surface area contributed by atoms with Gasteiger partial charge in [0.25, 0.3) is 0 Å². The highest BCUT2D eigenvalue weighted by Crippen LogP contribution is 2.41. The molecule has 0 spiro atoms. The lowest BCUT2D eigenvalue weighted by Crippen LogP contribution is -2.46. The minimum Gasteiger partial charge on any atom is -0.325 e. The van der Waals surface area contributed by atoms with Crippen molar-refractivity contribution in [3.8, 4) is 0 Å². The minimum atomic E-state index is 0.0650. The highest BCUT2D eigenvalue weighted by molar-refractivity contribution is 5.84. The molecule has 2 unspecified atom stereocenters. The Bertz CT molecular complexity index is 286. The Morgan fingerprint density at radius 1 is 1.41 bits per heavy atom. The van der Waals surface area contributed by atoms with Crippen molar-refractivity contribution >= 4 is 5.91 Å². The first-order chi connectivity index (χ1) is 8.09. The molecule has 1 amide bonds. The number of amides is 1. The van der Waals surface area contributed by atoms with Gasteiger partial charge in [-0.3, -0.25) is 10.1 Å². The summed E-state index contributed by atoms with van der Waals surface area (Å²) in [6.07, 6.45) is 7.31. The Morgan fingerprint density at radius 3 is 2.59 bits per heavy atom. The monoisotopic (exact) mass is 238 g/mol. The predicted octanol–water partition coefficient (Wildman–Crippen LogP) is 2.51. The molecule has 2 aliphatic rings. The van der Waals surface area contributed by atoms with Gasteiger partial charge in [0, 0.05) is 6.54 Å². The first-order valence-electron chi connectivity index (χ1n) is 7.16. The summed E-state index contributed by atoms with van der Waals surface area (Å²) in [6.45, 7) is 7.56. The Hall–Kier alpha value is -0.570. The average molecular weight is 238 g/mol. The molecule has 0 aromatic rings. The fraction of sp³-hybridized carbons (Fsp3) is 0.929. The number of carbonyl (C=O) groups is 1. The number of nitrogens with zero attached hydrogens (tertiary/aromatic N) is 1. The summed E-state index contributed by atoms with van der Waals surface area (Å²) in [7, 11) is 0. The maximum absolute atomic E-state index is 12.3. The Balaban J connectivity index is 2.02. The van der Waals surface area contributed by atoms with Crippen LogP contribution < -0.4 is 5.32 Å². The van der Waals surface area contributed by atoms with Crippen molar-refractivity contribution in [3.05, 3.63) is 0 Å². The number of rotatable bonds is 5. The predicted molar refractivity (Wildman–Crippen MR) is 69.6 cm³/mol. The second-order valence-electron chi connectivity index (χ2n) is 6.06. The molecule has 2 fully saturated rings. The molecule has 2 rings (SSSR count). The average Bonchev–Trinajstić information content (AvgIpc) is 2.55. The van der Waals surface area contributed by atoms with Gasteiger partial charge in [-0.15, -0.1) is 0 Å². The Kier molecular flexibility index (Phi) is 3.76. The second-order valence-corrected chi connectivity index (χ2v) is 6.06. The lowest BCUT2D eigenvalue weighted by atomic mass is 9.70. The van der Waals surface area contributed by atoms with Gasteiger partial charge in [-0.25, -0.2) is 0 Å². The van der Waals surface area contributed by atoms with Crippen LogP contribution in [0, 0.1) is 5.41 Å². The highest BCUT2D eigenvalue weighted by atomic mass is 16.2. The van der Waals surface area contributed by atoms with Crippen LogP contribution in [0.4, 0.5) is 0 Å². The third-order valence-corrected chi connectivity index (χ3v) is 4.43. The van der Waals surface area contributed by atoms with Crippen LogP contribution in [0.1, 0.15) is 59.3 Å². The zero-order valence-corrected chi connectivity index (χ0v) is 11.5. The van der Waals surface area contributed by atoms with Crippen LogP contribution in [-0.2, 0) is 4.79 Å². The van der Waals surface area contributed by atoms with Crippen molar-refractivity contribution in [3.63, 3.8) is 0 Å². The van der Waals surface area contributed by atoms with Crippen LogP contribution in [0.25, 0.3) is 0 Å². The molecule has 0 aromatic heterocycles. The van der Waals surface area contributed by atoms with E-state index in [1.165, 1.54) is 19.3 Å². The van der Waals surface area contributed by atoms with E-state index in [0.717, 1.165) is 25.8 Å². The first kappa shape index (κ1) is 12.9. The summed E-state index contributed by atoms with van der Waals surface area (Å²) in [5.41, 5.74) is 0.395. The Morgan fingerprint density at radius 2 is 2.12 bits per heavy atom. The van der Waals surface area contributed by atoms with Crippen LogP contribution in [0.5, 0.6) is 0 Å². The molecule has 0 bridgehead atoms. The molecule has 3 nitrogen and oxygen atoms in total. The first-order valence-corrected chi connectivity index (χ1v) is 7.16. The van der Waals surface area contributed by atoms with Crippen molar-refractivity contribution < 1.29 is 4.79 Å². The van der Waals surface area contributed by atoms with E-state index < -0.39 is 0 Å². The summed E-state index contributed by atoms with van der Waals surface area (Å²) in [5.74, 6) is 0.332. The van der Waals surface area contributed by atoms with E-state index in [2.05, 4.69) is 31.0 Å². The molecule has 0 radical (unpaired) electrons. The number of hydrogen-bond acceptors (Lipinski definition) is 2. The molecule has 98 valence electrons. The van der Waals surface area contributed by atoms with Gasteiger partial charge < -0.3 is 4.90 Å². The summed E-state index contributed by atoms with van der Waals surface area (Å²) in [6, 6.07) is 0.0650. The minimum absolute atomic E-state index is 0.0650. The van der Waals surface area contributed by atoms with Gasteiger partial charge in [0.05, 0.1) is 12.2 Å². The van der Waals surface area contributed by atoms with E-state index >= 15 is 0 Å². The molecule has 1 saturated carbocycles. The summed E-state index contributed by atoms with van der Waals surface area (Å²) < 4.78 is 0. The van der Waals surface area contributed by atoms with E-state index in [9.17, 15) is 4.79 Å². The lowest BCUT2D eigenvalue weighted by Gasteiger charge is -2.42. The zero-order chi connectivity index (χ0) is 12.5. The molecule has 1 heterocycles. The highest BCUT2D eigenvalue weighted by Gasteiger charge is 2.42. The van der Waals surface area contributed by atoms with Crippen molar-refractivity contribution in [2.75, 3.05) is 6.54 Å². The summed E-state index contributed by atoms with van der Waals surface area (Å²) >= 11 is 0.